The monoisotopic (exact) mass is 625 g/mol. The van der Waals surface area contributed by atoms with E-state index in [4.69, 9.17) is 0 Å². The summed E-state index contributed by atoms with van der Waals surface area (Å²) in [7, 11) is -4.23. The molecule has 9 nitrogen and oxygen atoms in total. The molecule has 0 aliphatic heterocycles. The fourth-order valence-electron chi connectivity index (χ4n) is 4.40. The number of aliphatic hydroxyl groups excluding tert-OH is 1. The van der Waals surface area contributed by atoms with Crippen LogP contribution in [-0.4, -0.2) is 60.6 Å². The normalized spacial score (nSPS) is 12.7. The number of carbonyl (C=O) groups excluding carboxylic acids is 3. The van der Waals surface area contributed by atoms with E-state index in [9.17, 15) is 27.9 Å². The molecule has 3 amide bonds. The van der Waals surface area contributed by atoms with Crippen molar-refractivity contribution in [2.24, 2.45) is 0 Å². The van der Waals surface area contributed by atoms with E-state index < -0.39 is 22.0 Å². The van der Waals surface area contributed by atoms with Crippen LogP contribution in [0.4, 0.5) is 0 Å². The molecule has 0 aliphatic carbocycles. The first kappa shape index (κ1) is 33.8. The van der Waals surface area contributed by atoms with Gasteiger partial charge in [-0.05, 0) is 42.5 Å². The van der Waals surface area contributed by atoms with Crippen molar-refractivity contribution in [2.45, 2.75) is 62.3 Å². The zero-order valence-electron chi connectivity index (χ0n) is 24.4. The van der Waals surface area contributed by atoms with Crippen LogP contribution in [0.5, 0.6) is 0 Å². The van der Waals surface area contributed by atoms with Crippen molar-refractivity contribution < 1.29 is 27.9 Å². The van der Waals surface area contributed by atoms with Gasteiger partial charge in [-0.3, -0.25) is 14.4 Å². The number of aliphatic hydroxyl groups is 1. The second-order valence-electron chi connectivity index (χ2n) is 10.3. The first-order chi connectivity index (χ1) is 20.5. The number of rotatable bonds is 15. The summed E-state index contributed by atoms with van der Waals surface area (Å²) in [5, 5.41) is 12.3. The van der Waals surface area contributed by atoms with E-state index in [1.165, 1.54) is 13.0 Å². The van der Waals surface area contributed by atoms with Gasteiger partial charge in [-0.15, -0.1) is 0 Å². The van der Waals surface area contributed by atoms with E-state index in [1.54, 1.807) is 47.4 Å². The Morgan fingerprint density at radius 3 is 2.21 bits per heavy atom. The Kier molecular flexibility index (Phi) is 12.8. The third kappa shape index (κ3) is 10.5. The van der Waals surface area contributed by atoms with Crippen LogP contribution in [0.25, 0.3) is 11.1 Å². The molecule has 0 unspecified atom stereocenters. The molecule has 0 spiro atoms. The molecule has 0 saturated carbocycles. The zero-order valence-corrected chi connectivity index (χ0v) is 26.1. The van der Waals surface area contributed by atoms with Crippen molar-refractivity contribution in [3.8, 4) is 11.1 Å². The van der Waals surface area contributed by atoms with E-state index in [2.05, 4.69) is 17.9 Å². The summed E-state index contributed by atoms with van der Waals surface area (Å²) in [6, 6.07) is 23.3. The summed E-state index contributed by atoms with van der Waals surface area (Å²) >= 11 is 4.59. The Bertz CT molecular complexity index is 1480. The maximum Gasteiger partial charge on any atom is 0.264 e. The number of thiol groups is 1. The van der Waals surface area contributed by atoms with E-state index >= 15 is 0 Å². The molecule has 0 bridgehead atoms. The molecule has 0 aliphatic rings. The Balaban J connectivity index is 1.65. The van der Waals surface area contributed by atoms with Gasteiger partial charge in [0.15, 0.2) is 0 Å². The lowest BCUT2D eigenvalue weighted by Crippen LogP contribution is -2.37. The fourth-order valence-corrected chi connectivity index (χ4v) is 5.98. The van der Waals surface area contributed by atoms with Gasteiger partial charge < -0.3 is 15.3 Å². The highest BCUT2D eigenvalue weighted by atomic mass is 32.2. The summed E-state index contributed by atoms with van der Waals surface area (Å²) in [6.45, 7) is 4.07. The second-order valence-corrected chi connectivity index (χ2v) is 12.7. The number of hydrogen-bond acceptors (Lipinski definition) is 7. The maximum absolute atomic E-state index is 12.9. The molecule has 3 rings (SSSR count). The molecule has 0 radical (unpaired) electrons. The van der Waals surface area contributed by atoms with Gasteiger partial charge in [-0.25, -0.2) is 13.1 Å². The lowest BCUT2D eigenvalue weighted by molar-refractivity contribution is -0.132. The third-order valence-corrected chi connectivity index (χ3v) is 8.47. The summed E-state index contributed by atoms with van der Waals surface area (Å²) in [6.07, 6.45) is 0.443. The highest BCUT2D eigenvalue weighted by molar-refractivity contribution is 7.90. The maximum atomic E-state index is 12.9. The number of hydrogen-bond donors (Lipinski definition) is 4. The summed E-state index contributed by atoms with van der Waals surface area (Å²) in [4.78, 5) is 38.9. The quantitative estimate of drug-likeness (QED) is 0.190. The SMILES string of the molecule is CCCC(=O)N(CCC(=O)NC[C@H](S)Cc1ccccc1)Cc1ccc(-c2ccccc2S(=O)(=O)NC(=O)[C@H](C)O)cc1. The van der Waals surface area contributed by atoms with Crippen LogP contribution in [0.3, 0.4) is 0 Å². The van der Waals surface area contributed by atoms with Crippen molar-refractivity contribution >= 4 is 40.4 Å². The molecule has 43 heavy (non-hydrogen) atoms. The van der Waals surface area contributed by atoms with Gasteiger partial charge in [0.05, 0.1) is 4.90 Å². The summed E-state index contributed by atoms with van der Waals surface area (Å²) in [5.74, 6) is -1.23. The highest BCUT2D eigenvalue weighted by Gasteiger charge is 2.24. The van der Waals surface area contributed by atoms with Gasteiger partial charge in [-0.2, -0.15) is 12.6 Å². The molecule has 0 heterocycles. The van der Waals surface area contributed by atoms with Crippen LogP contribution in [0.15, 0.2) is 83.8 Å². The standard InChI is InChI=1S/C32H39N3O6S2/c1-3-9-31(38)35(19-18-30(37)33-21-27(42)20-24-10-5-4-6-11-24)22-25-14-16-26(17-15-25)28-12-7-8-13-29(28)43(40,41)34-32(39)23(2)36/h4-8,10-17,23,27,36,42H,3,9,18-22H2,1-2H3,(H,33,37)(H,34,39)/t23-,27+/m0/s1. The van der Waals surface area contributed by atoms with Crippen molar-refractivity contribution in [1.82, 2.24) is 14.9 Å². The van der Waals surface area contributed by atoms with E-state index in [-0.39, 0.29) is 34.9 Å². The molecule has 0 saturated heterocycles. The fraction of sp³-hybridized carbons (Fsp3) is 0.344. The average molecular weight is 626 g/mol. The molecule has 3 aromatic carbocycles. The first-order valence-corrected chi connectivity index (χ1v) is 16.2. The lowest BCUT2D eigenvalue weighted by Gasteiger charge is -2.23. The number of nitrogens with zero attached hydrogens (tertiary/aromatic N) is 1. The summed E-state index contributed by atoms with van der Waals surface area (Å²) < 4.78 is 27.6. The Morgan fingerprint density at radius 1 is 0.907 bits per heavy atom. The van der Waals surface area contributed by atoms with Gasteiger partial charge in [-0.1, -0.05) is 79.7 Å². The molecule has 3 N–H and O–H groups in total. The lowest BCUT2D eigenvalue weighted by atomic mass is 10.0. The molecule has 230 valence electrons. The Morgan fingerprint density at radius 2 is 1.56 bits per heavy atom. The van der Waals surface area contributed by atoms with E-state index in [1.807, 2.05) is 42.0 Å². The predicted molar refractivity (Wildman–Crippen MR) is 170 cm³/mol. The smallest absolute Gasteiger partial charge is 0.264 e. The zero-order chi connectivity index (χ0) is 31.4. The largest absolute Gasteiger partial charge is 0.384 e. The van der Waals surface area contributed by atoms with Gasteiger partial charge in [0.2, 0.25) is 11.8 Å². The number of nitrogens with one attached hydrogen (secondary N) is 2. The Labute approximate surface area is 259 Å². The van der Waals surface area contributed by atoms with Gasteiger partial charge in [0, 0.05) is 43.3 Å². The molecule has 11 heteroatoms. The van der Waals surface area contributed by atoms with Crippen molar-refractivity contribution in [1.29, 1.82) is 0 Å². The van der Waals surface area contributed by atoms with Crippen LogP contribution >= 0.6 is 12.6 Å². The topological polar surface area (TPSA) is 133 Å². The first-order valence-electron chi connectivity index (χ1n) is 14.2. The predicted octanol–water partition coefficient (Wildman–Crippen LogP) is 3.72. The van der Waals surface area contributed by atoms with Gasteiger partial charge in [0.1, 0.15) is 6.10 Å². The van der Waals surface area contributed by atoms with E-state index in [0.717, 1.165) is 17.5 Å². The minimum absolute atomic E-state index is 0.0303. The van der Waals surface area contributed by atoms with Crippen LogP contribution in [0.2, 0.25) is 0 Å². The number of carbonyl (C=O) groups is 3. The molecule has 0 aromatic heterocycles. The minimum atomic E-state index is -4.23. The van der Waals surface area contributed by atoms with Crippen molar-refractivity contribution in [3.05, 3.63) is 90.0 Å². The molecule has 0 fully saturated rings. The molecule has 2 atom stereocenters. The minimum Gasteiger partial charge on any atom is -0.384 e. The van der Waals surface area contributed by atoms with E-state index in [0.29, 0.717) is 37.1 Å². The number of sulfonamides is 1. The van der Waals surface area contributed by atoms with Crippen molar-refractivity contribution in [2.75, 3.05) is 13.1 Å². The summed E-state index contributed by atoms with van der Waals surface area (Å²) in [5.41, 5.74) is 2.93. The molecular formula is C32H39N3O6S2. The Hall–Kier alpha value is -3.67. The molecular weight excluding hydrogens is 587 g/mol. The average Bonchev–Trinajstić information content (AvgIpc) is 2.99. The van der Waals surface area contributed by atoms with Gasteiger partial charge >= 0.3 is 0 Å². The second kappa shape index (κ2) is 16.3. The highest BCUT2D eigenvalue weighted by Crippen LogP contribution is 2.28. The van der Waals surface area contributed by atoms with Crippen LogP contribution in [-0.2, 0) is 37.4 Å². The van der Waals surface area contributed by atoms with Crippen LogP contribution < -0.4 is 10.0 Å². The van der Waals surface area contributed by atoms with Gasteiger partial charge in [0.25, 0.3) is 15.9 Å². The molecule has 3 aromatic rings. The number of amides is 3. The number of benzene rings is 3. The van der Waals surface area contributed by atoms with Crippen LogP contribution in [0, 0.1) is 0 Å². The van der Waals surface area contributed by atoms with Crippen molar-refractivity contribution in [3.63, 3.8) is 0 Å². The third-order valence-electron chi connectivity index (χ3n) is 6.70. The van der Waals surface area contributed by atoms with Crippen LogP contribution in [0.1, 0.15) is 44.2 Å².